The van der Waals surface area contributed by atoms with E-state index in [0.717, 1.165) is 0 Å². The van der Waals surface area contributed by atoms with Crippen LogP contribution in [0.2, 0.25) is 0 Å². The first-order valence-corrected chi connectivity index (χ1v) is 4.43. The van der Waals surface area contributed by atoms with Gasteiger partial charge in [0.15, 0.2) is 0 Å². The van der Waals surface area contributed by atoms with Crippen molar-refractivity contribution in [2.45, 2.75) is 12.8 Å². The largest absolute Gasteiger partial charge is 0.481 e. The highest BCUT2D eigenvalue weighted by Crippen LogP contribution is 2.30. The summed E-state index contributed by atoms with van der Waals surface area (Å²) in [5, 5.41) is 17.6. The van der Waals surface area contributed by atoms with Crippen molar-refractivity contribution in [3.05, 3.63) is 0 Å². The molecule has 1 heterocycles. The van der Waals surface area contributed by atoms with Crippen LogP contribution in [0.4, 0.5) is 4.79 Å². The first-order valence-electron chi connectivity index (χ1n) is 4.43. The van der Waals surface area contributed by atoms with Gasteiger partial charge in [0.2, 0.25) is 0 Å². The first-order chi connectivity index (χ1) is 6.52. The van der Waals surface area contributed by atoms with E-state index in [4.69, 9.17) is 15.9 Å². The zero-order valence-corrected chi connectivity index (χ0v) is 7.77. The van der Waals surface area contributed by atoms with Gasteiger partial charge in [0.1, 0.15) is 0 Å². The van der Waals surface area contributed by atoms with E-state index in [9.17, 15) is 9.59 Å². The van der Waals surface area contributed by atoms with E-state index >= 15 is 0 Å². The summed E-state index contributed by atoms with van der Waals surface area (Å²) >= 11 is 0. The number of carboxylic acid groups (broad SMARTS) is 2. The average Bonchev–Trinajstić information content (AvgIpc) is 2.17. The lowest BCUT2D eigenvalue weighted by Crippen LogP contribution is -2.49. The molecule has 0 atom stereocenters. The Morgan fingerprint density at radius 3 is 2.07 bits per heavy atom. The SMILES string of the molecule is NCC1(C(=O)O)CCN(C(=O)O)CC1. The van der Waals surface area contributed by atoms with Gasteiger partial charge in [-0.15, -0.1) is 0 Å². The average molecular weight is 202 g/mol. The smallest absolute Gasteiger partial charge is 0.407 e. The standard InChI is InChI=1S/C8H14N2O4/c9-5-8(6(11)12)1-3-10(4-2-8)7(13)14/h1-5,9H2,(H,11,12)(H,13,14). The maximum Gasteiger partial charge on any atom is 0.407 e. The molecule has 0 radical (unpaired) electrons. The minimum absolute atomic E-state index is 0.0653. The Hall–Kier alpha value is -1.30. The Morgan fingerprint density at radius 1 is 1.29 bits per heavy atom. The molecule has 1 amide bonds. The summed E-state index contributed by atoms with van der Waals surface area (Å²) < 4.78 is 0. The van der Waals surface area contributed by atoms with Crippen molar-refractivity contribution in [2.75, 3.05) is 19.6 Å². The number of carboxylic acids is 1. The minimum Gasteiger partial charge on any atom is -0.481 e. The normalized spacial score (nSPS) is 20.5. The molecule has 0 unspecified atom stereocenters. The van der Waals surface area contributed by atoms with Gasteiger partial charge in [0.25, 0.3) is 0 Å². The molecule has 4 N–H and O–H groups in total. The molecule has 1 rings (SSSR count). The zero-order chi connectivity index (χ0) is 10.8. The van der Waals surface area contributed by atoms with Gasteiger partial charge in [0, 0.05) is 19.6 Å². The van der Waals surface area contributed by atoms with Gasteiger partial charge in [-0.1, -0.05) is 0 Å². The van der Waals surface area contributed by atoms with Crippen LogP contribution < -0.4 is 5.73 Å². The summed E-state index contributed by atoms with van der Waals surface area (Å²) in [6, 6.07) is 0. The summed E-state index contributed by atoms with van der Waals surface area (Å²) in [7, 11) is 0. The summed E-state index contributed by atoms with van der Waals surface area (Å²) in [5.74, 6) is -0.926. The van der Waals surface area contributed by atoms with E-state index in [1.165, 1.54) is 4.90 Å². The quantitative estimate of drug-likeness (QED) is 0.574. The van der Waals surface area contributed by atoms with Crippen LogP contribution in [0.25, 0.3) is 0 Å². The minimum atomic E-state index is -0.999. The van der Waals surface area contributed by atoms with Gasteiger partial charge in [0.05, 0.1) is 5.41 Å². The third-order valence-electron chi connectivity index (χ3n) is 2.84. The fraction of sp³-hybridized carbons (Fsp3) is 0.750. The second-order valence-electron chi connectivity index (χ2n) is 3.56. The van der Waals surface area contributed by atoms with Crippen LogP contribution in [0, 0.1) is 5.41 Å². The molecule has 1 aliphatic heterocycles. The van der Waals surface area contributed by atoms with E-state index in [1.54, 1.807) is 0 Å². The molecule has 1 saturated heterocycles. The number of hydrogen-bond acceptors (Lipinski definition) is 3. The van der Waals surface area contributed by atoms with E-state index in [1.807, 2.05) is 0 Å². The maximum atomic E-state index is 10.9. The van der Waals surface area contributed by atoms with E-state index in [-0.39, 0.29) is 19.6 Å². The molecule has 0 aliphatic carbocycles. The van der Waals surface area contributed by atoms with Crippen LogP contribution >= 0.6 is 0 Å². The number of rotatable bonds is 2. The molecular weight excluding hydrogens is 188 g/mol. The molecule has 14 heavy (non-hydrogen) atoms. The van der Waals surface area contributed by atoms with Crippen molar-refractivity contribution in [3.8, 4) is 0 Å². The molecular formula is C8H14N2O4. The second-order valence-corrected chi connectivity index (χ2v) is 3.56. The van der Waals surface area contributed by atoms with Crippen molar-refractivity contribution in [2.24, 2.45) is 11.1 Å². The summed E-state index contributed by atoms with van der Waals surface area (Å²) in [4.78, 5) is 22.7. The van der Waals surface area contributed by atoms with E-state index in [0.29, 0.717) is 12.8 Å². The Kier molecular flexibility index (Phi) is 2.95. The van der Waals surface area contributed by atoms with Crippen molar-refractivity contribution >= 4 is 12.1 Å². The number of nitrogens with two attached hydrogens (primary N) is 1. The Labute approximate surface area is 81.3 Å². The molecule has 0 aromatic carbocycles. The van der Waals surface area contributed by atoms with Crippen LogP contribution in [0.1, 0.15) is 12.8 Å². The Bertz CT molecular complexity index is 246. The summed E-state index contributed by atoms with van der Waals surface area (Å²) in [5.41, 5.74) is 4.49. The lowest BCUT2D eigenvalue weighted by atomic mass is 9.78. The number of nitrogens with zero attached hydrogens (tertiary/aromatic N) is 1. The first kappa shape index (κ1) is 10.8. The predicted molar refractivity (Wildman–Crippen MR) is 48.0 cm³/mol. The van der Waals surface area contributed by atoms with Crippen LogP contribution in [-0.2, 0) is 4.79 Å². The lowest BCUT2D eigenvalue weighted by Gasteiger charge is -2.36. The Balaban J connectivity index is 2.64. The molecule has 0 spiro atoms. The Morgan fingerprint density at radius 2 is 1.79 bits per heavy atom. The second kappa shape index (κ2) is 3.83. The lowest BCUT2D eigenvalue weighted by molar-refractivity contribution is -0.151. The van der Waals surface area contributed by atoms with Crippen molar-refractivity contribution in [1.82, 2.24) is 4.90 Å². The van der Waals surface area contributed by atoms with E-state index in [2.05, 4.69) is 0 Å². The maximum absolute atomic E-state index is 10.9. The summed E-state index contributed by atoms with van der Waals surface area (Å²) in [6.45, 7) is 0.563. The van der Waals surface area contributed by atoms with Crippen LogP contribution in [0.15, 0.2) is 0 Å². The number of piperidine rings is 1. The molecule has 0 bridgehead atoms. The highest BCUT2D eigenvalue weighted by atomic mass is 16.4. The van der Waals surface area contributed by atoms with Gasteiger partial charge in [-0.2, -0.15) is 0 Å². The number of amides is 1. The van der Waals surface area contributed by atoms with Gasteiger partial charge >= 0.3 is 12.1 Å². The van der Waals surface area contributed by atoms with E-state index < -0.39 is 17.5 Å². The van der Waals surface area contributed by atoms with Crippen LogP contribution in [0.3, 0.4) is 0 Å². The molecule has 80 valence electrons. The molecule has 0 saturated carbocycles. The highest BCUT2D eigenvalue weighted by molar-refractivity contribution is 5.75. The molecule has 1 aliphatic rings. The highest BCUT2D eigenvalue weighted by Gasteiger charge is 2.41. The zero-order valence-electron chi connectivity index (χ0n) is 7.77. The fourth-order valence-corrected chi connectivity index (χ4v) is 1.63. The molecule has 6 nitrogen and oxygen atoms in total. The third kappa shape index (κ3) is 1.79. The fourth-order valence-electron chi connectivity index (χ4n) is 1.63. The van der Waals surface area contributed by atoms with Gasteiger partial charge in [-0.3, -0.25) is 4.79 Å². The number of carbonyl (C=O) groups is 2. The summed E-state index contributed by atoms with van der Waals surface area (Å²) in [6.07, 6.45) is -0.406. The molecule has 0 aromatic heterocycles. The third-order valence-corrected chi connectivity index (χ3v) is 2.84. The van der Waals surface area contributed by atoms with Gasteiger partial charge in [-0.05, 0) is 12.8 Å². The monoisotopic (exact) mass is 202 g/mol. The number of likely N-dealkylation sites (tertiary alicyclic amines) is 1. The predicted octanol–water partition coefficient (Wildman–Crippen LogP) is -0.210. The molecule has 0 aromatic rings. The van der Waals surface area contributed by atoms with Crippen LogP contribution in [-0.4, -0.2) is 46.8 Å². The molecule has 1 fully saturated rings. The van der Waals surface area contributed by atoms with Gasteiger partial charge < -0.3 is 20.8 Å². The topological polar surface area (TPSA) is 104 Å². The van der Waals surface area contributed by atoms with Crippen LogP contribution in [0.5, 0.6) is 0 Å². The molecule has 6 heteroatoms. The van der Waals surface area contributed by atoms with Crippen molar-refractivity contribution in [1.29, 1.82) is 0 Å². The number of hydrogen-bond donors (Lipinski definition) is 3. The number of aliphatic carboxylic acids is 1. The van der Waals surface area contributed by atoms with Crippen molar-refractivity contribution in [3.63, 3.8) is 0 Å². The van der Waals surface area contributed by atoms with Crippen molar-refractivity contribution < 1.29 is 19.8 Å². The van der Waals surface area contributed by atoms with Gasteiger partial charge in [-0.25, -0.2) is 4.79 Å².